The maximum absolute atomic E-state index is 13.7. The fraction of sp³-hybridized carbons (Fsp3) is 0.459. The number of hydrogen-bond donors (Lipinski definition) is 11. The first-order chi connectivity index (χ1) is 68.3. The van der Waals surface area contributed by atoms with Crippen LogP contribution in [0.5, 0.6) is 23.0 Å². The maximum Gasteiger partial charge on any atom is 0.243 e. The molecule has 6 fully saturated rings. The molecule has 3 aliphatic carbocycles. The molecule has 0 bridgehead atoms. The van der Waals surface area contributed by atoms with Gasteiger partial charge in [0.2, 0.25) is 35.4 Å². The molecule has 3 aliphatic heterocycles. The van der Waals surface area contributed by atoms with Crippen LogP contribution in [0.4, 0.5) is 0 Å². The van der Waals surface area contributed by atoms with Crippen LogP contribution in [0.25, 0.3) is 0 Å². The maximum atomic E-state index is 13.7. The molecule has 32 heteroatoms. The van der Waals surface area contributed by atoms with Crippen LogP contribution < -0.4 is 62.3 Å². The molecule has 143 heavy (non-hydrogen) atoms. The minimum absolute atomic E-state index is 0.00165. The summed E-state index contributed by atoms with van der Waals surface area (Å²) in [5.74, 6) is -2.25. The molecule has 13 N–H and O–H groups in total. The molecule has 14 rings (SSSR count). The number of aliphatic hydroxyl groups excluding tert-OH is 2. The van der Waals surface area contributed by atoms with Crippen LogP contribution in [0, 0.1) is 22.7 Å². The number of morpholine rings is 1. The Morgan fingerprint density at radius 2 is 0.685 bits per heavy atom. The fourth-order valence-corrected chi connectivity index (χ4v) is 16.9. The second kappa shape index (κ2) is 51.6. The number of ether oxygens (including phenoxy) is 7. The van der Waals surface area contributed by atoms with E-state index in [1.807, 2.05) is 208 Å². The highest BCUT2D eigenvalue weighted by Gasteiger charge is 2.54. The van der Waals surface area contributed by atoms with Gasteiger partial charge in [0.15, 0.2) is 34.7 Å². The molecule has 6 aliphatic rings. The molecule has 3 saturated carbocycles. The molecule has 3 saturated heterocycles. The summed E-state index contributed by atoms with van der Waals surface area (Å²) in [4.78, 5) is 162. The van der Waals surface area contributed by atoms with Gasteiger partial charge in [0.25, 0.3) is 0 Å². The zero-order valence-electron chi connectivity index (χ0n) is 83.6. The van der Waals surface area contributed by atoms with Crippen molar-refractivity contribution in [2.45, 2.75) is 208 Å². The summed E-state index contributed by atoms with van der Waals surface area (Å²) in [6.45, 7) is 8.58. The van der Waals surface area contributed by atoms with E-state index in [2.05, 4.69) is 31.9 Å². The van der Waals surface area contributed by atoms with Gasteiger partial charge in [-0.1, -0.05) is 184 Å². The van der Waals surface area contributed by atoms with E-state index < -0.39 is 130 Å². The smallest absolute Gasteiger partial charge is 0.243 e. The van der Waals surface area contributed by atoms with E-state index in [4.69, 9.17) is 44.6 Å². The molecule has 6 amide bonds. The first-order valence-electron chi connectivity index (χ1n) is 48.7. The molecule has 0 aromatic heterocycles. The van der Waals surface area contributed by atoms with Crippen molar-refractivity contribution in [2.75, 3.05) is 95.8 Å². The third kappa shape index (κ3) is 32.7. The Balaban J connectivity index is 0.000000182. The highest BCUT2D eigenvalue weighted by molar-refractivity contribution is 6.01. The van der Waals surface area contributed by atoms with Gasteiger partial charge in [-0.15, -0.1) is 0 Å². The number of Topliss-reactive ketones (excluding diaryl/α,β-unsaturated/α-hetero) is 6. The molecule has 8 aromatic rings. The van der Waals surface area contributed by atoms with Crippen LogP contribution in [0.15, 0.2) is 218 Å². The fourth-order valence-electron chi connectivity index (χ4n) is 16.9. The van der Waals surface area contributed by atoms with Crippen LogP contribution in [0.2, 0.25) is 0 Å². The predicted octanol–water partition coefficient (Wildman–Crippen LogP) is 6.86. The van der Waals surface area contributed by atoms with Crippen molar-refractivity contribution in [3.8, 4) is 23.0 Å². The highest BCUT2D eigenvalue weighted by Crippen LogP contribution is 2.48. The SMILES string of the molecule is COc1ccc(C[C@H](CC(=O)[C@@H](N)CO)C(=O)N[C@@H](Cc2ccccc2)C(=O)[C@@]2(C)CO2)cc1.COc1ccc(C[C@H](CC(=O)[C@H](CO)N(C)C)C(=O)N[C@@H](Cc2ccccc2)C(=O)[C@@]2(C)CO2)cc1.COc1ccc(C[C@H](NC(=O)[C@@H](N)C2(O)CC2)C(=O)N[C@@H](Cc2ccccc2)C(=O)C2(C)CC2)cc1.COc1ccc(C[C@H](NC(=O)[C@@H]2COCCN2C)C(=O)N[C@@H](Cc2ccccc2)C(=O)C2(C)CC2)cc1. The number of epoxide rings is 2. The van der Waals surface area contributed by atoms with Crippen LogP contribution in [-0.4, -0.2) is 268 Å². The van der Waals surface area contributed by atoms with E-state index in [1.165, 1.54) is 0 Å². The van der Waals surface area contributed by atoms with Gasteiger partial charge in [0.05, 0.1) is 110 Å². The van der Waals surface area contributed by atoms with Crippen LogP contribution in [0.3, 0.4) is 0 Å². The monoisotopic (exact) mass is 1970 g/mol. The van der Waals surface area contributed by atoms with E-state index in [1.54, 1.807) is 97.7 Å². The first kappa shape index (κ1) is 111. The van der Waals surface area contributed by atoms with Crippen molar-refractivity contribution in [1.82, 2.24) is 41.7 Å². The van der Waals surface area contributed by atoms with Gasteiger partial charge in [-0.05, 0) is 205 Å². The number of nitrogens with zero attached hydrogens (tertiary/aromatic N) is 2. The second-order valence-corrected chi connectivity index (χ2v) is 39.3. The number of methoxy groups -OCH3 is 4. The Morgan fingerprint density at radius 3 is 0.979 bits per heavy atom. The zero-order chi connectivity index (χ0) is 103. The summed E-state index contributed by atoms with van der Waals surface area (Å²) in [6.07, 6.45) is 6.36. The average Bonchev–Trinajstić information content (AvgIpc) is 1.65. The number of amides is 6. The normalized spacial score (nSPS) is 19.6. The quantitative estimate of drug-likeness (QED) is 0.0173. The molecule has 0 unspecified atom stereocenters. The Hall–Kier alpha value is -12.6. The lowest BCUT2D eigenvalue weighted by molar-refractivity contribution is -0.136. The van der Waals surface area contributed by atoms with E-state index >= 15 is 0 Å². The molecular weight excluding hydrogens is 1830 g/mol. The van der Waals surface area contributed by atoms with Crippen LogP contribution in [-0.2, 0) is 123 Å². The number of likely N-dealkylation sites (N-methyl/N-ethyl adjacent to an activating group) is 2. The first-order valence-corrected chi connectivity index (χ1v) is 48.7. The summed E-state index contributed by atoms with van der Waals surface area (Å²) in [6, 6.07) is 59.0. The Bertz CT molecular complexity index is 5410. The van der Waals surface area contributed by atoms with Gasteiger partial charge in [0, 0.05) is 54.9 Å². The number of hydrogen-bond acceptors (Lipinski definition) is 26. The minimum atomic E-state index is -1.22. The number of nitrogens with two attached hydrogens (primary N) is 2. The van der Waals surface area contributed by atoms with Gasteiger partial charge in [-0.2, -0.15) is 0 Å². The van der Waals surface area contributed by atoms with Gasteiger partial charge >= 0.3 is 0 Å². The largest absolute Gasteiger partial charge is 0.497 e. The van der Waals surface area contributed by atoms with Crippen molar-refractivity contribution in [3.05, 3.63) is 263 Å². The number of rotatable bonds is 50. The van der Waals surface area contributed by atoms with E-state index in [0.29, 0.717) is 94.3 Å². The minimum Gasteiger partial charge on any atom is -0.497 e. The lowest BCUT2D eigenvalue weighted by Gasteiger charge is -2.32. The summed E-state index contributed by atoms with van der Waals surface area (Å²) in [5, 5.41) is 46.7. The van der Waals surface area contributed by atoms with Gasteiger partial charge in [0.1, 0.15) is 58.4 Å². The van der Waals surface area contributed by atoms with Crippen molar-refractivity contribution in [3.63, 3.8) is 0 Å². The topological polar surface area (TPSA) is 467 Å². The predicted molar refractivity (Wildman–Crippen MR) is 538 cm³/mol. The molecule has 0 radical (unpaired) electrons. The Kier molecular flexibility index (Phi) is 39.9. The number of carbonyl (C=O) groups excluding carboxylic acids is 12. The van der Waals surface area contributed by atoms with Gasteiger partial charge in [-0.25, -0.2) is 0 Å². The summed E-state index contributed by atoms with van der Waals surface area (Å²) >= 11 is 0. The zero-order valence-corrected chi connectivity index (χ0v) is 83.6. The number of aliphatic hydroxyl groups is 3. The standard InChI is InChI=1S/C29H37N3O5.C28H35N3O5.C28H36N2O6.C26H32N2O6/c1-29(13-14-29)26(33)23(17-20-7-5-4-6-8-20)30-27(34)24(18-21-9-11-22(36-3)12-10-21)31-28(35)25-19-37-16-15-32(25)2;1-27(12-13-27)24(32)21(16-18-6-4-3-5-7-18)30-25(33)22(17-19-8-10-20(36-2)11-9-19)31-26(34)23(29)28(35)14-15-28;1-28(18-36-28)26(33)23(15-19-8-6-5-7-9-19)29-27(34)21(16-25(32)24(17-31)30(2)3)14-20-10-12-22(35-4)13-11-20;1-26(16-34-26)24(31)22(13-17-6-4-3-5-7-17)28-25(32)19(14-23(30)21(27)15-29)12-18-8-10-20(33-2)11-9-18/h4-12,23-25H,13-19H2,1-3H3,(H,30,34)(H,31,35);3-11,21-23,35H,12-17,29H2,1-2H3,(H,30,33)(H,31,34);5-13,21,23-24,31H,14-18H2,1-4H3,(H,29,34);3-11,19,21-22,29H,12-16,27H2,1-2H3,(H,28,32)/t23-,24-,25-;21-,22-,23+;21-,23+,24+,28-;19-,21+,22+,26-/m0011/s1. The van der Waals surface area contributed by atoms with Crippen molar-refractivity contribution in [1.29, 1.82) is 0 Å². The summed E-state index contributed by atoms with van der Waals surface area (Å²) in [7, 11) is 11.6. The lowest BCUT2D eigenvalue weighted by Crippen LogP contribution is -2.58. The number of benzene rings is 8. The van der Waals surface area contributed by atoms with Crippen molar-refractivity contribution in [2.24, 2.45) is 34.1 Å². The number of nitrogens with one attached hydrogen (secondary N) is 6. The molecule has 766 valence electrons. The molecule has 0 spiro atoms. The molecule has 8 aromatic carbocycles. The highest BCUT2D eigenvalue weighted by atomic mass is 16.6. The van der Waals surface area contributed by atoms with Crippen molar-refractivity contribution < 1.29 is 106 Å². The Morgan fingerprint density at radius 1 is 0.392 bits per heavy atom. The molecule has 3 heterocycles. The van der Waals surface area contributed by atoms with Crippen molar-refractivity contribution >= 4 is 70.1 Å². The third-order valence-electron chi connectivity index (χ3n) is 27.5. The third-order valence-corrected chi connectivity index (χ3v) is 27.5. The summed E-state index contributed by atoms with van der Waals surface area (Å²) in [5.41, 5.74) is 14.9. The second-order valence-electron chi connectivity index (χ2n) is 39.3. The molecular formula is C111H140N10O22. The average molecular weight is 1970 g/mol. The van der Waals surface area contributed by atoms with Crippen LogP contribution in [0.1, 0.15) is 124 Å². The summed E-state index contributed by atoms with van der Waals surface area (Å²) < 4.78 is 37.1. The Labute approximate surface area is 836 Å². The lowest BCUT2D eigenvalue weighted by atomic mass is 9.89. The van der Waals surface area contributed by atoms with E-state index in [-0.39, 0.29) is 92.0 Å². The number of ketones is 6. The van der Waals surface area contributed by atoms with Gasteiger partial charge < -0.3 is 91.8 Å². The van der Waals surface area contributed by atoms with E-state index in [0.717, 1.165) is 70.2 Å². The molecule has 32 nitrogen and oxygen atoms in total. The van der Waals surface area contributed by atoms with Gasteiger partial charge in [-0.3, -0.25) is 67.3 Å². The molecule has 14 atom stereocenters. The van der Waals surface area contributed by atoms with E-state index in [9.17, 15) is 72.9 Å². The van der Waals surface area contributed by atoms with Crippen LogP contribution >= 0.6 is 0 Å². The number of carbonyl (C=O) groups is 12.